The van der Waals surface area contributed by atoms with Gasteiger partial charge in [0.05, 0.1) is 5.69 Å². The number of aromatic amines is 1. The van der Waals surface area contributed by atoms with Gasteiger partial charge < -0.3 is 15.3 Å². The Kier molecular flexibility index (Phi) is 4.44. The van der Waals surface area contributed by atoms with Crippen LogP contribution in [0, 0.1) is 6.92 Å². The zero-order valence-corrected chi connectivity index (χ0v) is 11.5. The van der Waals surface area contributed by atoms with Gasteiger partial charge in [-0.25, -0.2) is 5.10 Å². The fourth-order valence-electron chi connectivity index (χ4n) is 1.75. The first-order valence-corrected chi connectivity index (χ1v) is 6.04. The minimum Gasteiger partial charge on any atom is -0.505 e. The number of hydrogen-bond acceptors (Lipinski definition) is 7. The highest BCUT2D eigenvalue weighted by Gasteiger charge is 2.14. The SMILES string of the molecule is CON=CCc1cc(C)cc(NC(=O)c2nnn[nH]2)c1O. The van der Waals surface area contributed by atoms with Crippen LogP contribution in [0.15, 0.2) is 17.3 Å². The molecule has 9 heteroatoms. The van der Waals surface area contributed by atoms with Gasteiger partial charge >= 0.3 is 0 Å². The lowest BCUT2D eigenvalue weighted by molar-refractivity contribution is 0.101. The zero-order valence-electron chi connectivity index (χ0n) is 11.5. The van der Waals surface area contributed by atoms with Gasteiger partial charge in [-0.05, 0) is 29.0 Å². The summed E-state index contributed by atoms with van der Waals surface area (Å²) in [4.78, 5) is 16.4. The number of carbonyl (C=O) groups is 1. The Hall–Kier alpha value is -2.97. The highest BCUT2D eigenvalue weighted by molar-refractivity contribution is 6.02. The molecule has 0 spiro atoms. The van der Waals surface area contributed by atoms with Crippen LogP contribution in [0.3, 0.4) is 0 Å². The number of H-pyrrole nitrogens is 1. The minimum absolute atomic E-state index is 0.0380. The van der Waals surface area contributed by atoms with Crippen LogP contribution in [0.1, 0.15) is 21.7 Å². The molecule has 0 fully saturated rings. The second kappa shape index (κ2) is 6.46. The number of phenols is 1. The number of aromatic hydroxyl groups is 1. The lowest BCUT2D eigenvalue weighted by Crippen LogP contribution is -2.14. The van der Waals surface area contributed by atoms with Crippen LogP contribution >= 0.6 is 0 Å². The summed E-state index contributed by atoms with van der Waals surface area (Å²) in [6, 6.07) is 3.44. The van der Waals surface area contributed by atoms with E-state index in [2.05, 4.69) is 35.9 Å². The Labute approximate surface area is 120 Å². The van der Waals surface area contributed by atoms with Gasteiger partial charge in [0, 0.05) is 18.2 Å². The molecule has 1 aromatic carbocycles. The number of rotatable bonds is 5. The third kappa shape index (κ3) is 3.53. The molecule has 9 nitrogen and oxygen atoms in total. The maximum Gasteiger partial charge on any atom is 0.295 e. The number of nitrogens with one attached hydrogen (secondary N) is 2. The van der Waals surface area contributed by atoms with Gasteiger partial charge in [-0.1, -0.05) is 11.2 Å². The molecule has 0 bridgehead atoms. The largest absolute Gasteiger partial charge is 0.505 e. The number of oxime groups is 1. The maximum atomic E-state index is 11.9. The second-order valence-electron chi connectivity index (χ2n) is 4.20. The molecule has 0 aliphatic rings. The molecule has 0 unspecified atom stereocenters. The molecule has 1 amide bonds. The predicted octanol–water partition coefficient (Wildman–Crippen LogP) is 0.641. The highest BCUT2D eigenvalue weighted by Crippen LogP contribution is 2.29. The van der Waals surface area contributed by atoms with Crippen molar-refractivity contribution in [1.29, 1.82) is 0 Å². The molecule has 1 aromatic heterocycles. The lowest BCUT2D eigenvalue weighted by atomic mass is 10.1. The van der Waals surface area contributed by atoms with E-state index in [1.165, 1.54) is 13.3 Å². The molecule has 0 saturated heterocycles. The van der Waals surface area contributed by atoms with Crippen LogP contribution in [0.25, 0.3) is 0 Å². The lowest BCUT2D eigenvalue weighted by Gasteiger charge is -2.10. The summed E-state index contributed by atoms with van der Waals surface area (Å²) < 4.78 is 0. The van der Waals surface area contributed by atoms with Crippen LogP contribution < -0.4 is 5.32 Å². The monoisotopic (exact) mass is 290 g/mol. The number of tetrazole rings is 1. The Morgan fingerprint density at radius 2 is 2.38 bits per heavy atom. The van der Waals surface area contributed by atoms with Crippen molar-refractivity contribution in [3.05, 3.63) is 29.1 Å². The summed E-state index contributed by atoms with van der Waals surface area (Å²) in [7, 11) is 1.43. The van der Waals surface area contributed by atoms with Crippen LogP contribution in [0.4, 0.5) is 5.69 Å². The number of benzene rings is 1. The van der Waals surface area contributed by atoms with Gasteiger partial charge in [-0.3, -0.25) is 4.79 Å². The summed E-state index contributed by atoms with van der Waals surface area (Å²) in [5.41, 5.74) is 1.76. The average Bonchev–Trinajstić information content (AvgIpc) is 2.98. The number of aryl methyl sites for hydroxylation is 1. The van der Waals surface area contributed by atoms with E-state index in [4.69, 9.17) is 0 Å². The molecular weight excluding hydrogens is 276 g/mol. The molecule has 0 aliphatic carbocycles. The van der Waals surface area contributed by atoms with E-state index in [0.29, 0.717) is 12.0 Å². The molecule has 2 aromatic rings. The molecular formula is C12H14N6O3. The third-order valence-electron chi connectivity index (χ3n) is 2.63. The van der Waals surface area contributed by atoms with E-state index in [1.54, 1.807) is 12.1 Å². The smallest absolute Gasteiger partial charge is 0.295 e. The molecule has 110 valence electrons. The zero-order chi connectivity index (χ0) is 15.2. The van der Waals surface area contributed by atoms with Gasteiger partial charge in [0.15, 0.2) is 0 Å². The molecule has 0 saturated carbocycles. The number of carbonyl (C=O) groups excluding carboxylic acids is 1. The van der Waals surface area contributed by atoms with Crippen molar-refractivity contribution in [2.24, 2.45) is 5.16 Å². The van der Waals surface area contributed by atoms with Crippen molar-refractivity contribution >= 4 is 17.8 Å². The first-order chi connectivity index (χ1) is 10.1. The van der Waals surface area contributed by atoms with E-state index in [0.717, 1.165) is 5.56 Å². The van der Waals surface area contributed by atoms with Crippen molar-refractivity contribution in [2.75, 3.05) is 12.4 Å². The van der Waals surface area contributed by atoms with Crippen LogP contribution in [-0.2, 0) is 11.3 Å². The number of phenolic OH excluding ortho intramolecular Hbond substituents is 1. The van der Waals surface area contributed by atoms with E-state index >= 15 is 0 Å². The number of anilines is 1. The Morgan fingerprint density at radius 3 is 3.05 bits per heavy atom. The van der Waals surface area contributed by atoms with E-state index in [1.807, 2.05) is 6.92 Å². The molecule has 0 atom stereocenters. The van der Waals surface area contributed by atoms with Crippen molar-refractivity contribution in [2.45, 2.75) is 13.3 Å². The minimum atomic E-state index is -0.544. The average molecular weight is 290 g/mol. The molecule has 1 heterocycles. The maximum absolute atomic E-state index is 11.9. The Bertz CT molecular complexity index is 653. The number of nitrogens with zero attached hydrogens (tertiary/aromatic N) is 4. The first kappa shape index (κ1) is 14.4. The summed E-state index contributed by atoms with van der Waals surface area (Å²) in [6.45, 7) is 1.85. The Morgan fingerprint density at radius 1 is 1.57 bits per heavy atom. The van der Waals surface area contributed by atoms with Crippen LogP contribution in [0.2, 0.25) is 0 Å². The fourth-order valence-corrected chi connectivity index (χ4v) is 1.75. The number of aromatic nitrogens is 4. The molecule has 3 N–H and O–H groups in total. The highest BCUT2D eigenvalue weighted by atomic mass is 16.6. The molecule has 2 rings (SSSR count). The summed E-state index contributed by atoms with van der Waals surface area (Å²) in [6.07, 6.45) is 1.88. The van der Waals surface area contributed by atoms with E-state index < -0.39 is 5.91 Å². The van der Waals surface area contributed by atoms with Crippen LogP contribution in [-0.4, -0.2) is 45.0 Å². The summed E-state index contributed by atoms with van der Waals surface area (Å²) in [5.74, 6) is -0.625. The van der Waals surface area contributed by atoms with Crippen LogP contribution in [0.5, 0.6) is 5.75 Å². The first-order valence-electron chi connectivity index (χ1n) is 6.04. The summed E-state index contributed by atoms with van der Waals surface area (Å²) >= 11 is 0. The van der Waals surface area contributed by atoms with Gasteiger partial charge in [-0.15, -0.1) is 5.10 Å². The van der Waals surface area contributed by atoms with Crippen molar-refractivity contribution in [3.8, 4) is 5.75 Å². The van der Waals surface area contributed by atoms with Crippen molar-refractivity contribution < 1.29 is 14.7 Å². The number of hydrogen-bond donors (Lipinski definition) is 3. The topological polar surface area (TPSA) is 125 Å². The van der Waals surface area contributed by atoms with Gasteiger partial charge in [0.2, 0.25) is 5.82 Å². The van der Waals surface area contributed by atoms with Gasteiger partial charge in [-0.2, -0.15) is 0 Å². The molecule has 21 heavy (non-hydrogen) atoms. The molecule has 0 aliphatic heterocycles. The van der Waals surface area contributed by atoms with Gasteiger partial charge in [0.25, 0.3) is 5.91 Å². The predicted molar refractivity (Wildman–Crippen MR) is 74.2 cm³/mol. The fraction of sp³-hybridized carbons (Fsp3) is 0.250. The second-order valence-corrected chi connectivity index (χ2v) is 4.20. The van der Waals surface area contributed by atoms with Crippen molar-refractivity contribution in [3.63, 3.8) is 0 Å². The van der Waals surface area contributed by atoms with E-state index in [-0.39, 0.29) is 17.3 Å². The van der Waals surface area contributed by atoms with Crippen molar-refractivity contribution in [1.82, 2.24) is 20.6 Å². The summed E-state index contributed by atoms with van der Waals surface area (Å²) in [5, 5.41) is 28.8. The third-order valence-corrected chi connectivity index (χ3v) is 2.63. The quantitative estimate of drug-likeness (QED) is 0.421. The van der Waals surface area contributed by atoms with E-state index in [9.17, 15) is 9.90 Å². The van der Waals surface area contributed by atoms with Gasteiger partial charge in [0.1, 0.15) is 12.9 Å². The normalized spacial score (nSPS) is 10.8. The standard InChI is InChI=1S/C12H14N6O3/c1-7-5-8(3-4-13-21-2)10(19)9(6-7)14-12(20)11-15-17-18-16-11/h4-6,19H,3H2,1-2H3,(H,14,20)(H,15,16,17,18). The Balaban J connectivity index is 2.23. The molecule has 0 radical (unpaired) electrons. The number of amides is 1.